The molecule has 0 radical (unpaired) electrons. The van der Waals surface area contributed by atoms with Crippen LogP contribution in [0.25, 0.3) is 16.0 Å². The van der Waals surface area contributed by atoms with Crippen molar-refractivity contribution in [2.75, 3.05) is 6.61 Å². The van der Waals surface area contributed by atoms with E-state index in [0.717, 1.165) is 5.57 Å². The van der Waals surface area contributed by atoms with E-state index in [1.165, 1.54) is 45.7 Å². The lowest BCUT2D eigenvalue weighted by Gasteiger charge is -2.07. The number of thiophene rings is 1. The summed E-state index contributed by atoms with van der Waals surface area (Å²) in [5.41, 5.74) is 6.13. The van der Waals surface area contributed by atoms with Gasteiger partial charge in [-0.15, -0.1) is 24.2 Å². The average molecular weight is 390 g/mol. The molecule has 1 aliphatic carbocycles. The van der Waals surface area contributed by atoms with Gasteiger partial charge >= 0.3 is 0 Å². The molecule has 0 spiro atoms. The molecule has 2 aromatic rings. The second-order valence-corrected chi connectivity index (χ2v) is 7.93. The topological polar surface area (TPSA) is 33.0 Å². The van der Waals surface area contributed by atoms with Crippen molar-refractivity contribution in [3.63, 3.8) is 0 Å². The van der Waals surface area contributed by atoms with Gasteiger partial charge < -0.3 is 4.74 Å². The molecule has 0 unspecified atom stereocenters. The fraction of sp³-hybridized carbons (Fsp3) is 0.320. The summed E-state index contributed by atoms with van der Waals surface area (Å²) in [6.07, 6.45) is 15.8. The summed E-state index contributed by atoms with van der Waals surface area (Å²) in [4.78, 5) is 2.50. The first-order valence-electron chi connectivity index (χ1n) is 9.55. The van der Waals surface area contributed by atoms with Gasteiger partial charge in [0, 0.05) is 9.75 Å². The van der Waals surface area contributed by atoms with Crippen LogP contribution in [-0.4, -0.2) is 12.7 Å². The average Bonchev–Trinajstić information content (AvgIpc) is 3.39. The van der Waals surface area contributed by atoms with Gasteiger partial charge in [0.25, 0.3) is 0 Å². The van der Waals surface area contributed by atoms with Crippen LogP contribution in [0.4, 0.5) is 0 Å². The molecule has 0 atom stereocenters. The molecule has 0 amide bonds. The first kappa shape index (κ1) is 21.7. The number of aryl methyl sites for hydroxylation is 1. The predicted octanol–water partition coefficient (Wildman–Crippen LogP) is 6.43. The summed E-state index contributed by atoms with van der Waals surface area (Å²) in [7, 11) is 0. The summed E-state index contributed by atoms with van der Waals surface area (Å²) in [5.74, 6) is 0. The van der Waals surface area contributed by atoms with Crippen LogP contribution in [-0.2, 0) is 17.6 Å². The fourth-order valence-corrected chi connectivity index (χ4v) is 4.44. The predicted molar refractivity (Wildman–Crippen MR) is 120 cm³/mol. The van der Waals surface area contributed by atoms with Crippen LogP contribution in [0.2, 0.25) is 0 Å². The Morgan fingerprint density at radius 1 is 1.25 bits per heavy atom. The molecule has 0 aliphatic heterocycles. The maximum atomic E-state index is 9.40. The number of benzene rings is 1. The zero-order valence-corrected chi connectivity index (χ0v) is 17.7. The molecule has 3 heteroatoms. The van der Waals surface area contributed by atoms with Crippen LogP contribution >= 0.6 is 11.3 Å². The fourth-order valence-electron chi connectivity index (χ4n) is 3.34. The zero-order chi connectivity index (χ0) is 20.5. The van der Waals surface area contributed by atoms with Gasteiger partial charge in [0.2, 0.25) is 0 Å². The minimum absolute atomic E-state index is 0.120. The molecule has 0 saturated carbocycles. The van der Waals surface area contributed by atoms with Crippen molar-refractivity contribution in [3.8, 4) is 29.4 Å². The van der Waals surface area contributed by atoms with E-state index < -0.39 is 0 Å². The van der Waals surface area contributed by atoms with Gasteiger partial charge in [-0.25, -0.2) is 0 Å². The Bertz CT molecular complexity index is 922. The van der Waals surface area contributed by atoms with Crippen LogP contribution in [0.15, 0.2) is 48.1 Å². The second-order valence-electron chi connectivity index (χ2n) is 6.85. The first-order valence-corrected chi connectivity index (χ1v) is 10.4. The van der Waals surface area contributed by atoms with Gasteiger partial charge in [0.05, 0.1) is 24.4 Å². The van der Waals surface area contributed by atoms with E-state index in [4.69, 9.17) is 4.74 Å². The summed E-state index contributed by atoms with van der Waals surface area (Å²) in [5, 5.41) is 9.40. The molecule has 0 N–H and O–H groups in total. The van der Waals surface area contributed by atoms with Gasteiger partial charge in [-0.05, 0) is 80.5 Å². The van der Waals surface area contributed by atoms with Crippen LogP contribution in [0.1, 0.15) is 43.2 Å². The number of terminal acetylenes is 1. The zero-order valence-electron chi connectivity index (χ0n) is 16.9. The highest BCUT2D eigenvalue weighted by molar-refractivity contribution is 7.16. The molecule has 3 rings (SSSR count). The Hall–Kier alpha value is -2.59. The number of nitriles is 1. The van der Waals surface area contributed by atoms with Crippen LogP contribution in [0, 0.1) is 24.2 Å². The Labute approximate surface area is 173 Å². The van der Waals surface area contributed by atoms with E-state index in [1.54, 1.807) is 11.3 Å². The highest BCUT2D eigenvalue weighted by Crippen LogP contribution is 2.38. The van der Waals surface area contributed by atoms with Gasteiger partial charge in [0.1, 0.15) is 0 Å². The number of rotatable bonds is 6. The number of fused-ring (bicyclic) bond motifs is 1. The van der Waals surface area contributed by atoms with E-state index >= 15 is 0 Å². The molecule has 2 nitrogen and oxygen atoms in total. The molecule has 1 aromatic carbocycles. The summed E-state index contributed by atoms with van der Waals surface area (Å²) in [6, 6.07) is 13.3. The lowest BCUT2D eigenvalue weighted by atomic mass is 10.0. The highest BCUT2D eigenvalue weighted by Gasteiger charge is 2.16. The van der Waals surface area contributed by atoms with Gasteiger partial charge in [-0.3, -0.25) is 0 Å². The molecular formula is C25H27NOS. The van der Waals surface area contributed by atoms with E-state index in [0.29, 0.717) is 12.2 Å². The molecule has 0 fully saturated rings. The standard InChI is InChI=1S/C23H25NOS.C2H2/c1-4-18(13-17(14-24)15-25-16(2)3)22-11-12-23(26-22)21-10-6-8-19-7-5-9-20(19)21;1-2/h4,6,8,10-13,16H,5,7,9,15H2,1-3H3;1-2H/b17-13-,18-4+;. The molecular weight excluding hydrogens is 362 g/mol. The summed E-state index contributed by atoms with van der Waals surface area (Å²) >= 11 is 1.80. The quantitative estimate of drug-likeness (QED) is 0.324. The van der Waals surface area contributed by atoms with E-state index in [9.17, 15) is 5.26 Å². The summed E-state index contributed by atoms with van der Waals surface area (Å²) < 4.78 is 5.59. The van der Waals surface area contributed by atoms with Gasteiger partial charge in [0.15, 0.2) is 0 Å². The number of nitrogens with zero attached hydrogens (tertiary/aromatic N) is 1. The second kappa shape index (κ2) is 10.7. The van der Waals surface area contributed by atoms with Crippen LogP contribution in [0.3, 0.4) is 0 Å². The largest absolute Gasteiger partial charge is 0.373 e. The minimum atomic E-state index is 0.120. The number of allylic oxidation sites excluding steroid dienone is 3. The normalized spacial score (nSPS) is 13.6. The van der Waals surface area contributed by atoms with E-state index in [2.05, 4.69) is 55.3 Å². The monoisotopic (exact) mass is 389 g/mol. The Balaban J connectivity index is 0.00000136. The minimum Gasteiger partial charge on any atom is -0.373 e. The van der Waals surface area contributed by atoms with Crippen LogP contribution in [0.5, 0.6) is 0 Å². The third kappa shape index (κ3) is 5.23. The Morgan fingerprint density at radius 2 is 2.04 bits per heavy atom. The number of hydrogen-bond donors (Lipinski definition) is 0. The Morgan fingerprint density at radius 3 is 2.71 bits per heavy atom. The maximum Gasteiger partial charge on any atom is 0.0971 e. The molecule has 0 saturated heterocycles. The first-order chi connectivity index (χ1) is 13.6. The molecule has 28 heavy (non-hydrogen) atoms. The Kier molecular flexibility index (Phi) is 8.27. The number of hydrogen-bond acceptors (Lipinski definition) is 3. The van der Waals surface area contributed by atoms with Crippen molar-refractivity contribution in [1.29, 1.82) is 5.26 Å². The van der Waals surface area contributed by atoms with Crippen molar-refractivity contribution in [1.82, 2.24) is 0 Å². The molecule has 1 aromatic heterocycles. The van der Waals surface area contributed by atoms with Crippen molar-refractivity contribution in [3.05, 3.63) is 64.1 Å². The molecule has 1 aliphatic rings. The lowest BCUT2D eigenvalue weighted by Crippen LogP contribution is -2.05. The van der Waals surface area contributed by atoms with Crippen molar-refractivity contribution >= 4 is 16.9 Å². The summed E-state index contributed by atoms with van der Waals surface area (Å²) in [6.45, 7) is 6.34. The smallest absolute Gasteiger partial charge is 0.0971 e. The highest BCUT2D eigenvalue weighted by atomic mass is 32.1. The number of ether oxygens (including phenoxy) is 1. The molecule has 144 valence electrons. The lowest BCUT2D eigenvalue weighted by molar-refractivity contribution is 0.0992. The van der Waals surface area contributed by atoms with E-state index in [-0.39, 0.29) is 6.10 Å². The van der Waals surface area contributed by atoms with Crippen molar-refractivity contribution < 1.29 is 4.74 Å². The van der Waals surface area contributed by atoms with E-state index in [1.807, 2.05) is 26.8 Å². The SMILES string of the molecule is C#C.C/C=C(\C=C(\C#N)COC(C)C)c1ccc(-c2cccc3c2CCC3)s1. The molecule has 0 bridgehead atoms. The third-order valence-electron chi connectivity index (χ3n) is 4.66. The van der Waals surface area contributed by atoms with Gasteiger partial charge in [-0.1, -0.05) is 24.3 Å². The van der Waals surface area contributed by atoms with Crippen molar-refractivity contribution in [2.24, 2.45) is 0 Å². The maximum absolute atomic E-state index is 9.40. The van der Waals surface area contributed by atoms with Crippen molar-refractivity contribution in [2.45, 2.75) is 46.1 Å². The van der Waals surface area contributed by atoms with Crippen LogP contribution < -0.4 is 0 Å². The third-order valence-corrected chi connectivity index (χ3v) is 5.83. The molecule has 1 heterocycles. The van der Waals surface area contributed by atoms with Gasteiger partial charge in [-0.2, -0.15) is 5.26 Å².